The summed E-state index contributed by atoms with van der Waals surface area (Å²) in [6, 6.07) is 2.08. The summed E-state index contributed by atoms with van der Waals surface area (Å²) in [6.45, 7) is 2.01. The third kappa shape index (κ3) is 2.20. The molecule has 1 N–H and O–H groups in total. The summed E-state index contributed by atoms with van der Waals surface area (Å²) in [5.41, 5.74) is 2.48. The number of aliphatic hydroxyl groups excluding tert-OH is 1. The zero-order chi connectivity index (χ0) is 12.4. The molecule has 96 valence electrons. The van der Waals surface area contributed by atoms with Gasteiger partial charge in [-0.3, -0.25) is 0 Å². The Kier molecular flexibility index (Phi) is 3.19. The van der Waals surface area contributed by atoms with Crippen LogP contribution >= 0.6 is 0 Å². The highest BCUT2D eigenvalue weighted by atomic mass is 16.3. The van der Waals surface area contributed by atoms with E-state index in [4.69, 9.17) is 0 Å². The van der Waals surface area contributed by atoms with E-state index in [1.165, 1.54) is 5.69 Å². The monoisotopic (exact) mass is 245 g/mol. The molecule has 18 heavy (non-hydrogen) atoms. The van der Waals surface area contributed by atoms with Gasteiger partial charge >= 0.3 is 0 Å². The van der Waals surface area contributed by atoms with E-state index in [-0.39, 0.29) is 6.10 Å². The fourth-order valence-electron chi connectivity index (χ4n) is 2.78. The van der Waals surface area contributed by atoms with Gasteiger partial charge in [0, 0.05) is 42.9 Å². The summed E-state index contributed by atoms with van der Waals surface area (Å²) in [6.07, 6.45) is 11.7. The summed E-state index contributed by atoms with van der Waals surface area (Å²) in [4.78, 5) is 4.04. The number of aryl methyl sites for hydroxylation is 2. The van der Waals surface area contributed by atoms with Crippen LogP contribution in [-0.4, -0.2) is 19.2 Å². The molecule has 2 heterocycles. The van der Waals surface area contributed by atoms with E-state index in [1.54, 1.807) is 0 Å². The van der Waals surface area contributed by atoms with Crippen LogP contribution in [0.2, 0.25) is 0 Å². The third-order valence-corrected chi connectivity index (χ3v) is 3.74. The van der Waals surface area contributed by atoms with Gasteiger partial charge in [-0.25, -0.2) is 4.98 Å². The molecular weight excluding hydrogens is 226 g/mol. The van der Waals surface area contributed by atoms with Crippen LogP contribution in [0.25, 0.3) is 0 Å². The summed E-state index contributed by atoms with van der Waals surface area (Å²) in [5.74, 6) is 0. The Labute approximate surface area is 107 Å². The van der Waals surface area contributed by atoms with Gasteiger partial charge in [0.2, 0.25) is 0 Å². The van der Waals surface area contributed by atoms with Crippen LogP contribution in [-0.2, 0) is 19.5 Å². The first-order chi connectivity index (χ1) is 8.84. The van der Waals surface area contributed by atoms with Gasteiger partial charge in [-0.1, -0.05) is 0 Å². The highest BCUT2D eigenvalue weighted by Gasteiger charge is 2.20. The van der Waals surface area contributed by atoms with Crippen molar-refractivity contribution in [1.29, 1.82) is 0 Å². The number of fused-ring (bicyclic) bond motifs is 1. The quantitative estimate of drug-likeness (QED) is 0.896. The van der Waals surface area contributed by atoms with Gasteiger partial charge in [-0.2, -0.15) is 0 Å². The Morgan fingerprint density at radius 2 is 2.28 bits per heavy atom. The van der Waals surface area contributed by atoms with Crippen LogP contribution in [0.5, 0.6) is 0 Å². The predicted octanol–water partition coefficient (Wildman–Crippen LogP) is 2.14. The van der Waals surface area contributed by atoms with Gasteiger partial charge in [0.1, 0.15) is 0 Å². The minimum absolute atomic E-state index is 0.247. The van der Waals surface area contributed by atoms with Gasteiger partial charge in [-0.15, -0.1) is 0 Å². The van der Waals surface area contributed by atoms with Crippen molar-refractivity contribution in [2.24, 2.45) is 0 Å². The van der Waals surface area contributed by atoms with E-state index in [9.17, 15) is 5.11 Å². The minimum Gasteiger partial charge on any atom is -0.388 e. The second-order valence-corrected chi connectivity index (χ2v) is 4.97. The van der Waals surface area contributed by atoms with Gasteiger partial charge in [-0.05, 0) is 31.7 Å². The molecule has 0 spiro atoms. The lowest BCUT2D eigenvalue weighted by Gasteiger charge is -2.20. The van der Waals surface area contributed by atoms with E-state index in [0.29, 0.717) is 0 Å². The minimum atomic E-state index is -0.247. The van der Waals surface area contributed by atoms with E-state index < -0.39 is 0 Å². The Balaban J connectivity index is 1.63. The largest absolute Gasteiger partial charge is 0.388 e. The SMILES string of the molecule is OC1CCCc2c1ccn2CCCn1ccnc1. The molecule has 0 saturated carbocycles. The Bertz CT molecular complexity index is 501. The zero-order valence-corrected chi connectivity index (χ0v) is 10.5. The number of aromatic nitrogens is 3. The second-order valence-electron chi connectivity index (χ2n) is 4.97. The van der Waals surface area contributed by atoms with Gasteiger partial charge in [0.05, 0.1) is 12.4 Å². The van der Waals surface area contributed by atoms with Crippen molar-refractivity contribution in [2.75, 3.05) is 0 Å². The van der Waals surface area contributed by atoms with Crippen LogP contribution in [0.1, 0.15) is 36.6 Å². The molecule has 0 radical (unpaired) electrons. The summed E-state index contributed by atoms with van der Waals surface area (Å²) in [5, 5.41) is 9.92. The first kappa shape index (κ1) is 11.5. The average molecular weight is 245 g/mol. The molecule has 1 unspecified atom stereocenters. The van der Waals surface area contributed by atoms with E-state index in [0.717, 1.165) is 44.3 Å². The molecule has 0 aliphatic heterocycles. The molecule has 4 nitrogen and oxygen atoms in total. The molecule has 2 aromatic rings. The second kappa shape index (κ2) is 4.98. The predicted molar refractivity (Wildman–Crippen MR) is 69.2 cm³/mol. The molecule has 0 amide bonds. The molecule has 2 aromatic heterocycles. The van der Waals surface area contributed by atoms with Gasteiger partial charge in [0.15, 0.2) is 0 Å². The molecular formula is C14H19N3O. The van der Waals surface area contributed by atoms with Crippen LogP contribution in [0.4, 0.5) is 0 Å². The van der Waals surface area contributed by atoms with Crippen molar-refractivity contribution in [1.82, 2.24) is 14.1 Å². The lowest BCUT2D eigenvalue weighted by atomic mass is 9.95. The topological polar surface area (TPSA) is 43.0 Å². The number of imidazole rings is 1. The molecule has 0 bridgehead atoms. The number of nitrogens with zero attached hydrogens (tertiary/aromatic N) is 3. The summed E-state index contributed by atoms with van der Waals surface area (Å²) >= 11 is 0. The highest BCUT2D eigenvalue weighted by Crippen LogP contribution is 2.30. The molecule has 0 saturated heterocycles. The number of rotatable bonds is 4. The normalized spacial score (nSPS) is 18.8. The third-order valence-electron chi connectivity index (χ3n) is 3.74. The molecule has 0 fully saturated rings. The lowest BCUT2D eigenvalue weighted by Crippen LogP contribution is -2.12. The van der Waals surface area contributed by atoms with Crippen molar-refractivity contribution in [2.45, 2.75) is 44.9 Å². The fraction of sp³-hybridized carbons (Fsp3) is 0.500. The number of aliphatic hydroxyl groups is 1. The number of hydrogen-bond acceptors (Lipinski definition) is 2. The van der Waals surface area contributed by atoms with Gasteiger partial charge in [0.25, 0.3) is 0 Å². The standard InChI is InChI=1S/C14H19N3O/c18-14-4-1-3-13-12(14)5-9-17(13)8-2-7-16-10-6-15-11-16/h5-6,9-11,14,18H,1-4,7-8H2. The molecule has 1 aliphatic carbocycles. The van der Waals surface area contributed by atoms with Crippen LogP contribution in [0, 0.1) is 0 Å². The zero-order valence-electron chi connectivity index (χ0n) is 10.5. The fourth-order valence-corrected chi connectivity index (χ4v) is 2.78. The Morgan fingerprint density at radius 1 is 1.33 bits per heavy atom. The molecule has 1 aliphatic rings. The molecule has 4 heteroatoms. The Hall–Kier alpha value is -1.55. The van der Waals surface area contributed by atoms with E-state index in [1.807, 2.05) is 18.7 Å². The van der Waals surface area contributed by atoms with Crippen LogP contribution in [0.15, 0.2) is 31.0 Å². The maximum Gasteiger partial charge on any atom is 0.0945 e. The summed E-state index contributed by atoms with van der Waals surface area (Å²) < 4.78 is 4.40. The Morgan fingerprint density at radius 3 is 3.11 bits per heavy atom. The lowest BCUT2D eigenvalue weighted by molar-refractivity contribution is 0.155. The maximum absolute atomic E-state index is 9.92. The first-order valence-corrected chi connectivity index (χ1v) is 6.66. The first-order valence-electron chi connectivity index (χ1n) is 6.66. The highest BCUT2D eigenvalue weighted by molar-refractivity contribution is 5.27. The van der Waals surface area contributed by atoms with Crippen LogP contribution in [0.3, 0.4) is 0 Å². The van der Waals surface area contributed by atoms with Crippen molar-refractivity contribution in [3.05, 3.63) is 42.2 Å². The number of hydrogen-bond donors (Lipinski definition) is 1. The van der Waals surface area contributed by atoms with E-state index >= 15 is 0 Å². The maximum atomic E-state index is 9.92. The summed E-state index contributed by atoms with van der Waals surface area (Å²) in [7, 11) is 0. The van der Waals surface area contributed by atoms with Crippen molar-refractivity contribution >= 4 is 0 Å². The van der Waals surface area contributed by atoms with Crippen molar-refractivity contribution in [3.63, 3.8) is 0 Å². The molecule has 3 rings (SSSR count). The van der Waals surface area contributed by atoms with Crippen molar-refractivity contribution < 1.29 is 5.11 Å². The smallest absolute Gasteiger partial charge is 0.0945 e. The van der Waals surface area contributed by atoms with Crippen LogP contribution < -0.4 is 0 Å². The average Bonchev–Trinajstić information content (AvgIpc) is 3.00. The van der Waals surface area contributed by atoms with Gasteiger partial charge < -0.3 is 14.2 Å². The van der Waals surface area contributed by atoms with E-state index in [2.05, 4.69) is 26.4 Å². The van der Waals surface area contributed by atoms with Crippen molar-refractivity contribution in [3.8, 4) is 0 Å². The molecule has 1 atom stereocenters. The molecule has 0 aromatic carbocycles.